The van der Waals surface area contributed by atoms with E-state index in [4.69, 9.17) is 4.74 Å². The van der Waals surface area contributed by atoms with E-state index in [2.05, 4.69) is 5.32 Å². The number of nitrogens with one attached hydrogen (secondary N) is 1. The Balaban J connectivity index is 1.87. The summed E-state index contributed by atoms with van der Waals surface area (Å²) in [5.74, 6) is 0. The quantitative estimate of drug-likeness (QED) is 0.745. The lowest BCUT2D eigenvalue weighted by Gasteiger charge is -2.40. The molecule has 1 heterocycles. The summed E-state index contributed by atoms with van der Waals surface area (Å²) >= 11 is 0. The van der Waals surface area contributed by atoms with Crippen LogP contribution in [-0.4, -0.2) is 36.5 Å². The van der Waals surface area contributed by atoms with Crippen molar-refractivity contribution in [2.75, 3.05) is 19.8 Å². The van der Waals surface area contributed by atoms with E-state index in [0.29, 0.717) is 12.6 Å². The highest BCUT2D eigenvalue weighted by atomic mass is 16.5. The summed E-state index contributed by atoms with van der Waals surface area (Å²) in [7, 11) is 0. The Kier molecular flexibility index (Phi) is 4.00. The molecule has 0 spiro atoms. The highest BCUT2D eigenvalue weighted by Crippen LogP contribution is 2.29. The van der Waals surface area contributed by atoms with E-state index < -0.39 is 0 Å². The average Bonchev–Trinajstić information content (AvgIpc) is 2.32. The molecule has 0 atom stereocenters. The van der Waals surface area contributed by atoms with Gasteiger partial charge in [0.15, 0.2) is 0 Å². The van der Waals surface area contributed by atoms with Crippen LogP contribution < -0.4 is 5.32 Å². The van der Waals surface area contributed by atoms with Gasteiger partial charge in [-0.05, 0) is 25.7 Å². The Morgan fingerprint density at radius 1 is 1.13 bits per heavy atom. The molecule has 3 heteroatoms. The first kappa shape index (κ1) is 11.4. The van der Waals surface area contributed by atoms with E-state index in [1.807, 2.05) is 0 Å². The molecular weight excluding hydrogens is 190 g/mol. The van der Waals surface area contributed by atoms with Crippen molar-refractivity contribution in [3.05, 3.63) is 0 Å². The maximum absolute atomic E-state index is 9.58. The number of aliphatic hydroxyl groups is 1. The highest BCUT2D eigenvalue weighted by molar-refractivity contribution is 4.93. The molecule has 0 radical (unpaired) electrons. The first-order valence-corrected chi connectivity index (χ1v) is 6.31. The fourth-order valence-electron chi connectivity index (χ4n) is 2.85. The molecule has 2 rings (SSSR count). The van der Waals surface area contributed by atoms with Crippen molar-refractivity contribution in [3.63, 3.8) is 0 Å². The molecule has 1 aliphatic carbocycles. The van der Waals surface area contributed by atoms with Gasteiger partial charge < -0.3 is 15.2 Å². The van der Waals surface area contributed by atoms with Gasteiger partial charge in [-0.25, -0.2) is 0 Å². The molecular formula is C12H23NO2. The molecule has 1 saturated heterocycles. The molecule has 0 unspecified atom stereocenters. The van der Waals surface area contributed by atoms with E-state index in [-0.39, 0.29) is 5.54 Å². The fraction of sp³-hybridized carbons (Fsp3) is 1.00. The molecule has 2 aliphatic rings. The molecule has 0 aromatic rings. The number of hydrogen-bond donors (Lipinski definition) is 2. The number of aliphatic hydroxyl groups excluding tert-OH is 1. The SMILES string of the molecule is OCC1(NC2CCOCC2)CCCCC1. The van der Waals surface area contributed by atoms with Gasteiger partial charge in [0.25, 0.3) is 0 Å². The Hall–Kier alpha value is -0.120. The van der Waals surface area contributed by atoms with E-state index in [1.54, 1.807) is 0 Å². The predicted octanol–water partition coefficient (Wildman–Crippen LogP) is 1.45. The monoisotopic (exact) mass is 213 g/mol. The minimum Gasteiger partial charge on any atom is -0.394 e. The van der Waals surface area contributed by atoms with Crippen LogP contribution in [0.25, 0.3) is 0 Å². The van der Waals surface area contributed by atoms with Crippen LogP contribution in [0.3, 0.4) is 0 Å². The van der Waals surface area contributed by atoms with Gasteiger partial charge in [0.2, 0.25) is 0 Å². The van der Waals surface area contributed by atoms with Crippen molar-refractivity contribution in [2.24, 2.45) is 0 Å². The van der Waals surface area contributed by atoms with Crippen LogP contribution in [0.15, 0.2) is 0 Å². The number of rotatable bonds is 3. The second kappa shape index (κ2) is 5.28. The molecule has 1 aliphatic heterocycles. The van der Waals surface area contributed by atoms with E-state index in [9.17, 15) is 5.11 Å². The molecule has 2 fully saturated rings. The summed E-state index contributed by atoms with van der Waals surface area (Å²) in [5, 5.41) is 13.3. The van der Waals surface area contributed by atoms with Gasteiger partial charge in [0, 0.05) is 24.8 Å². The maximum Gasteiger partial charge on any atom is 0.0613 e. The van der Waals surface area contributed by atoms with Gasteiger partial charge in [0.05, 0.1) is 6.61 Å². The number of ether oxygens (including phenoxy) is 1. The lowest BCUT2D eigenvalue weighted by molar-refractivity contribution is 0.0472. The summed E-state index contributed by atoms with van der Waals surface area (Å²) in [4.78, 5) is 0. The summed E-state index contributed by atoms with van der Waals surface area (Å²) < 4.78 is 5.35. The third kappa shape index (κ3) is 2.92. The van der Waals surface area contributed by atoms with Crippen molar-refractivity contribution in [2.45, 2.75) is 56.5 Å². The minimum absolute atomic E-state index is 0.0280. The third-order valence-corrected chi connectivity index (χ3v) is 3.84. The zero-order chi connectivity index (χ0) is 10.6. The van der Waals surface area contributed by atoms with Gasteiger partial charge in [-0.15, -0.1) is 0 Å². The minimum atomic E-state index is 0.0280. The lowest BCUT2D eigenvalue weighted by Crippen LogP contribution is -2.55. The van der Waals surface area contributed by atoms with Crippen LogP contribution in [0.2, 0.25) is 0 Å². The van der Waals surface area contributed by atoms with Crippen LogP contribution >= 0.6 is 0 Å². The van der Waals surface area contributed by atoms with Gasteiger partial charge in [-0.3, -0.25) is 0 Å². The maximum atomic E-state index is 9.58. The molecule has 3 nitrogen and oxygen atoms in total. The Labute approximate surface area is 92.2 Å². The molecule has 2 N–H and O–H groups in total. The second-order valence-electron chi connectivity index (χ2n) is 5.03. The molecule has 88 valence electrons. The lowest BCUT2D eigenvalue weighted by atomic mass is 9.81. The van der Waals surface area contributed by atoms with E-state index in [0.717, 1.165) is 38.9 Å². The predicted molar refractivity (Wildman–Crippen MR) is 59.9 cm³/mol. The molecule has 0 bridgehead atoms. The smallest absolute Gasteiger partial charge is 0.0613 e. The van der Waals surface area contributed by atoms with Crippen molar-refractivity contribution >= 4 is 0 Å². The summed E-state index contributed by atoms with van der Waals surface area (Å²) in [6, 6.07) is 0.559. The zero-order valence-electron chi connectivity index (χ0n) is 9.50. The fourth-order valence-corrected chi connectivity index (χ4v) is 2.85. The normalized spacial score (nSPS) is 27.8. The number of hydrogen-bond acceptors (Lipinski definition) is 3. The highest BCUT2D eigenvalue weighted by Gasteiger charge is 2.33. The standard InChI is InChI=1S/C12H23NO2/c14-10-12(6-2-1-3-7-12)13-11-4-8-15-9-5-11/h11,13-14H,1-10H2. The first-order chi connectivity index (χ1) is 7.35. The molecule has 15 heavy (non-hydrogen) atoms. The van der Waals surface area contributed by atoms with Gasteiger partial charge in [0.1, 0.15) is 0 Å². The summed E-state index contributed by atoms with van der Waals surface area (Å²) in [5.41, 5.74) is 0.0280. The Morgan fingerprint density at radius 3 is 2.40 bits per heavy atom. The van der Waals surface area contributed by atoms with Crippen molar-refractivity contribution in [3.8, 4) is 0 Å². The summed E-state index contributed by atoms with van der Waals surface area (Å²) in [6.45, 7) is 2.04. The van der Waals surface area contributed by atoms with Crippen molar-refractivity contribution < 1.29 is 9.84 Å². The van der Waals surface area contributed by atoms with Gasteiger partial charge in [-0.2, -0.15) is 0 Å². The Bertz CT molecular complexity index is 184. The topological polar surface area (TPSA) is 41.5 Å². The zero-order valence-corrected chi connectivity index (χ0v) is 9.50. The van der Waals surface area contributed by atoms with Gasteiger partial charge >= 0.3 is 0 Å². The Morgan fingerprint density at radius 2 is 1.80 bits per heavy atom. The van der Waals surface area contributed by atoms with Crippen molar-refractivity contribution in [1.29, 1.82) is 0 Å². The molecule has 0 aromatic carbocycles. The second-order valence-corrected chi connectivity index (χ2v) is 5.03. The van der Waals surface area contributed by atoms with Crippen molar-refractivity contribution in [1.82, 2.24) is 5.32 Å². The average molecular weight is 213 g/mol. The molecule has 0 aromatic heterocycles. The third-order valence-electron chi connectivity index (χ3n) is 3.84. The molecule has 0 amide bonds. The van der Waals surface area contributed by atoms with Crippen LogP contribution in [-0.2, 0) is 4.74 Å². The summed E-state index contributed by atoms with van der Waals surface area (Å²) in [6.07, 6.45) is 8.33. The van der Waals surface area contributed by atoms with Crippen LogP contribution in [0.4, 0.5) is 0 Å². The van der Waals surface area contributed by atoms with E-state index >= 15 is 0 Å². The van der Waals surface area contributed by atoms with Crippen LogP contribution in [0, 0.1) is 0 Å². The van der Waals surface area contributed by atoms with E-state index in [1.165, 1.54) is 19.3 Å². The van der Waals surface area contributed by atoms with Gasteiger partial charge in [-0.1, -0.05) is 19.3 Å². The largest absolute Gasteiger partial charge is 0.394 e. The first-order valence-electron chi connectivity index (χ1n) is 6.31. The molecule has 1 saturated carbocycles. The van der Waals surface area contributed by atoms with Crippen LogP contribution in [0.1, 0.15) is 44.9 Å². The van der Waals surface area contributed by atoms with Crippen LogP contribution in [0.5, 0.6) is 0 Å².